The summed E-state index contributed by atoms with van der Waals surface area (Å²) in [6.45, 7) is 14.9. The van der Waals surface area contributed by atoms with E-state index in [0.29, 0.717) is 36.4 Å². The van der Waals surface area contributed by atoms with Gasteiger partial charge in [-0.25, -0.2) is 0 Å². The Morgan fingerprint density at radius 1 is 1.09 bits per heavy atom. The van der Waals surface area contributed by atoms with Crippen molar-refractivity contribution < 1.29 is 24.9 Å². The Bertz CT molecular complexity index is 916. The minimum Gasteiger partial charge on any atom is -0.388 e. The molecule has 0 spiro atoms. The molecule has 3 N–H and O–H groups in total. The fourth-order valence-corrected chi connectivity index (χ4v) is 9.98. The number of rotatable bonds is 3. The molecule has 0 aromatic rings. The molecule has 35 heavy (non-hydrogen) atoms. The Labute approximate surface area is 211 Å². The highest BCUT2D eigenvalue weighted by molar-refractivity contribution is 5.85. The second-order valence-corrected chi connectivity index (χ2v) is 14.6. The quantitative estimate of drug-likeness (QED) is 0.486. The van der Waals surface area contributed by atoms with Gasteiger partial charge in [0.05, 0.1) is 11.7 Å². The first kappa shape index (κ1) is 25.9. The Morgan fingerprint density at radius 3 is 2.43 bits per heavy atom. The predicted molar refractivity (Wildman–Crippen MR) is 135 cm³/mol. The molecule has 10 atom stereocenters. The zero-order chi connectivity index (χ0) is 25.8. The van der Waals surface area contributed by atoms with Crippen LogP contribution in [0.4, 0.5) is 0 Å². The van der Waals surface area contributed by atoms with Crippen LogP contribution in [0.2, 0.25) is 0 Å². The van der Waals surface area contributed by atoms with Gasteiger partial charge in [0.2, 0.25) is 0 Å². The van der Waals surface area contributed by atoms with Crippen molar-refractivity contribution in [3.05, 3.63) is 11.6 Å². The molecule has 0 bridgehead atoms. The van der Waals surface area contributed by atoms with Crippen LogP contribution in [0.5, 0.6) is 0 Å². The van der Waals surface area contributed by atoms with Crippen LogP contribution in [0.1, 0.15) is 99.8 Å². The number of carbonyl (C=O) groups excluding carboxylic acids is 1. The van der Waals surface area contributed by atoms with Crippen molar-refractivity contribution in [1.29, 1.82) is 0 Å². The normalized spacial score (nSPS) is 50.2. The van der Waals surface area contributed by atoms with Gasteiger partial charge in [-0.3, -0.25) is 4.79 Å². The summed E-state index contributed by atoms with van der Waals surface area (Å²) < 4.78 is 5.86. The van der Waals surface area contributed by atoms with E-state index >= 15 is 0 Å². The lowest BCUT2D eigenvalue weighted by Gasteiger charge is -2.63. The monoisotopic (exact) mass is 488 g/mol. The van der Waals surface area contributed by atoms with Crippen molar-refractivity contribution in [2.45, 2.75) is 124 Å². The van der Waals surface area contributed by atoms with Crippen molar-refractivity contribution in [2.75, 3.05) is 0 Å². The molecule has 3 saturated carbocycles. The second-order valence-electron chi connectivity index (χ2n) is 14.6. The summed E-state index contributed by atoms with van der Waals surface area (Å²) in [5, 5.41) is 31.9. The average molecular weight is 489 g/mol. The molecule has 4 aliphatic carbocycles. The molecule has 1 saturated heterocycles. The average Bonchev–Trinajstić information content (AvgIpc) is 3.26. The largest absolute Gasteiger partial charge is 0.388 e. The summed E-state index contributed by atoms with van der Waals surface area (Å²) >= 11 is 0. The van der Waals surface area contributed by atoms with Gasteiger partial charge in [-0.15, -0.1) is 0 Å². The molecule has 0 radical (unpaired) electrons. The minimum atomic E-state index is -1.26. The zero-order valence-corrected chi connectivity index (χ0v) is 22.9. The van der Waals surface area contributed by atoms with Gasteiger partial charge in [0, 0.05) is 17.8 Å². The van der Waals surface area contributed by atoms with Gasteiger partial charge >= 0.3 is 0 Å². The zero-order valence-electron chi connectivity index (χ0n) is 22.9. The van der Waals surface area contributed by atoms with E-state index in [0.717, 1.165) is 38.5 Å². The van der Waals surface area contributed by atoms with Gasteiger partial charge in [-0.05, 0) is 92.8 Å². The number of Topliss-reactive ketones (excluding diaryl/α,β-unsaturated/α-hetero) is 1. The third kappa shape index (κ3) is 3.43. The summed E-state index contributed by atoms with van der Waals surface area (Å²) in [5.41, 5.74) is 0.409. The van der Waals surface area contributed by atoms with Crippen LogP contribution in [0.3, 0.4) is 0 Å². The Balaban J connectivity index is 1.44. The van der Waals surface area contributed by atoms with Crippen LogP contribution < -0.4 is 0 Å². The standard InChI is InChI=1S/C30H48O5/c1-26(2)22-9-8-20-19(28(22,5)13-12-23(26)31)11-15-29(6)18(10-14-30(20,29)7)17-16-21(35-25(17)33)24(32)27(3,4)34/h8,17-19,21-22,24-25,32-34H,9-16H2,1-7H3/t17-,18-,19+,21+,22-,24+,25-,28+,29-,30+/m0/s1. The summed E-state index contributed by atoms with van der Waals surface area (Å²) in [5.74, 6) is 1.66. The van der Waals surface area contributed by atoms with Crippen LogP contribution in [0.25, 0.3) is 0 Å². The maximum atomic E-state index is 12.8. The highest BCUT2D eigenvalue weighted by Gasteiger charge is 2.66. The maximum absolute atomic E-state index is 12.8. The highest BCUT2D eigenvalue weighted by atomic mass is 16.6. The van der Waals surface area contributed by atoms with E-state index in [-0.39, 0.29) is 27.6 Å². The fraction of sp³-hybridized carbons (Fsp3) is 0.900. The van der Waals surface area contributed by atoms with E-state index in [9.17, 15) is 20.1 Å². The number of ketones is 1. The molecule has 1 heterocycles. The number of carbonyl (C=O) groups is 1. The van der Waals surface area contributed by atoms with Crippen LogP contribution in [-0.2, 0) is 9.53 Å². The molecule has 1 aliphatic heterocycles. The van der Waals surface area contributed by atoms with Gasteiger partial charge in [0.25, 0.3) is 0 Å². The summed E-state index contributed by atoms with van der Waals surface area (Å²) in [7, 11) is 0. The molecule has 5 aliphatic rings. The van der Waals surface area contributed by atoms with E-state index in [1.165, 1.54) is 0 Å². The lowest BCUT2D eigenvalue weighted by Crippen LogP contribution is -2.57. The van der Waals surface area contributed by atoms with Crippen molar-refractivity contribution in [2.24, 2.45) is 45.3 Å². The molecule has 198 valence electrons. The van der Waals surface area contributed by atoms with Crippen LogP contribution in [0, 0.1) is 45.3 Å². The number of aliphatic hydroxyl groups is 3. The van der Waals surface area contributed by atoms with Gasteiger partial charge in [-0.1, -0.05) is 46.3 Å². The van der Waals surface area contributed by atoms with Crippen LogP contribution in [0.15, 0.2) is 11.6 Å². The summed E-state index contributed by atoms with van der Waals surface area (Å²) in [6, 6.07) is 0. The van der Waals surface area contributed by atoms with E-state index in [2.05, 4.69) is 40.7 Å². The van der Waals surface area contributed by atoms with Crippen molar-refractivity contribution >= 4 is 5.78 Å². The molecule has 0 unspecified atom stereocenters. The molecule has 5 heteroatoms. The van der Waals surface area contributed by atoms with Crippen molar-refractivity contribution in [3.8, 4) is 0 Å². The van der Waals surface area contributed by atoms with Crippen molar-refractivity contribution in [3.63, 3.8) is 0 Å². The Morgan fingerprint density at radius 2 is 1.77 bits per heavy atom. The predicted octanol–water partition coefficient (Wildman–Crippen LogP) is 5.02. The van der Waals surface area contributed by atoms with Gasteiger partial charge in [0.1, 0.15) is 11.9 Å². The molecule has 0 amide bonds. The number of aliphatic hydroxyl groups excluding tert-OH is 2. The third-order valence-electron chi connectivity index (χ3n) is 12.4. The number of fused-ring (bicyclic) bond motifs is 5. The fourth-order valence-electron chi connectivity index (χ4n) is 9.98. The highest BCUT2D eigenvalue weighted by Crippen LogP contribution is 2.73. The Hall–Kier alpha value is -0.750. The second kappa shape index (κ2) is 7.88. The maximum Gasteiger partial charge on any atom is 0.158 e. The number of ether oxygens (including phenoxy) is 1. The van der Waals surface area contributed by atoms with Gasteiger partial charge in [0.15, 0.2) is 6.29 Å². The van der Waals surface area contributed by atoms with Crippen LogP contribution in [-0.4, -0.2) is 45.2 Å². The summed E-state index contributed by atoms with van der Waals surface area (Å²) in [6.07, 6.45) is 7.78. The van der Waals surface area contributed by atoms with E-state index in [1.54, 1.807) is 19.4 Å². The number of allylic oxidation sites excluding steroid dienone is 2. The third-order valence-corrected chi connectivity index (χ3v) is 12.4. The lowest BCUT2D eigenvalue weighted by molar-refractivity contribution is -0.172. The first-order chi connectivity index (χ1) is 16.1. The molecular formula is C30H48O5. The summed E-state index contributed by atoms with van der Waals surface area (Å²) in [4.78, 5) is 12.8. The Kier molecular flexibility index (Phi) is 5.83. The topological polar surface area (TPSA) is 87.0 Å². The molecule has 0 aromatic carbocycles. The van der Waals surface area contributed by atoms with Crippen molar-refractivity contribution in [1.82, 2.24) is 0 Å². The number of hydrogen-bond donors (Lipinski definition) is 3. The SMILES string of the molecule is CC(C)(O)[C@H](O)[C@H]1C[C@@H]([C@@H]2CC[C@]3(C)C4=CC[C@H]5C(C)(C)C(=O)CC[C@]5(C)[C@@H]4CC[C@@]23C)[C@@H](O)O1. The first-order valence-corrected chi connectivity index (χ1v) is 14.0. The number of hydrogen-bond acceptors (Lipinski definition) is 5. The molecular weight excluding hydrogens is 440 g/mol. The van der Waals surface area contributed by atoms with E-state index in [1.807, 2.05) is 0 Å². The molecule has 0 aromatic heterocycles. The van der Waals surface area contributed by atoms with Gasteiger partial charge in [-0.2, -0.15) is 0 Å². The smallest absolute Gasteiger partial charge is 0.158 e. The molecule has 5 rings (SSSR count). The molecule has 4 fully saturated rings. The lowest BCUT2D eigenvalue weighted by atomic mass is 9.41. The molecule has 5 nitrogen and oxygen atoms in total. The van der Waals surface area contributed by atoms with E-state index < -0.39 is 24.1 Å². The van der Waals surface area contributed by atoms with Gasteiger partial charge < -0.3 is 20.1 Å². The van der Waals surface area contributed by atoms with E-state index in [4.69, 9.17) is 4.74 Å². The minimum absolute atomic E-state index is 0.0286. The van der Waals surface area contributed by atoms with Crippen LogP contribution >= 0.6 is 0 Å². The first-order valence-electron chi connectivity index (χ1n) is 14.0.